The summed E-state index contributed by atoms with van der Waals surface area (Å²) >= 11 is 0. The van der Waals surface area contributed by atoms with Crippen LogP contribution in [0.5, 0.6) is 0 Å². The van der Waals surface area contributed by atoms with E-state index in [0.717, 1.165) is 12.6 Å². The van der Waals surface area contributed by atoms with Crippen LogP contribution in [0.2, 0.25) is 0 Å². The highest BCUT2D eigenvalue weighted by Gasteiger charge is 2.09. The lowest BCUT2D eigenvalue weighted by atomic mass is 10.1. The van der Waals surface area contributed by atoms with E-state index in [1.165, 1.54) is 6.20 Å². The van der Waals surface area contributed by atoms with E-state index in [-0.39, 0.29) is 0 Å². The van der Waals surface area contributed by atoms with Crippen molar-refractivity contribution >= 4 is 12.6 Å². The maximum absolute atomic E-state index is 11.2. The first-order valence-electron chi connectivity index (χ1n) is 6.60. The fourth-order valence-corrected chi connectivity index (χ4v) is 2.06. The molecular formula is C17H11N3O2. The number of rotatable bonds is 4. The van der Waals surface area contributed by atoms with Gasteiger partial charge in [0.15, 0.2) is 0 Å². The van der Waals surface area contributed by atoms with Crippen LogP contribution in [0.4, 0.5) is 0 Å². The molecule has 0 amide bonds. The van der Waals surface area contributed by atoms with Crippen molar-refractivity contribution in [2.24, 2.45) is 0 Å². The second-order valence-electron chi connectivity index (χ2n) is 4.60. The van der Waals surface area contributed by atoms with Gasteiger partial charge in [-0.1, -0.05) is 6.07 Å². The van der Waals surface area contributed by atoms with Crippen LogP contribution in [0.25, 0.3) is 22.8 Å². The summed E-state index contributed by atoms with van der Waals surface area (Å²) < 4.78 is 0. The van der Waals surface area contributed by atoms with Crippen molar-refractivity contribution < 1.29 is 9.59 Å². The van der Waals surface area contributed by atoms with Gasteiger partial charge in [-0.3, -0.25) is 19.6 Å². The molecular weight excluding hydrogens is 278 g/mol. The molecule has 0 aliphatic carbocycles. The molecule has 0 bridgehead atoms. The molecule has 3 aromatic heterocycles. The molecule has 0 N–H and O–H groups in total. The third-order valence-electron chi connectivity index (χ3n) is 3.09. The van der Waals surface area contributed by atoms with Crippen LogP contribution in [-0.2, 0) is 0 Å². The first-order valence-corrected chi connectivity index (χ1v) is 6.60. The Bertz CT molecular complexity index is 832. The molecule has 0 unspecified atom stereocenters. The van der Waals surface area contributed by atoms with Gasteiger partial charge in [0.2, 0.25) is 0 Å². The average molecular weight is 289 g/mol. The smallest absolute Gasteiger partial charge is 0.150 e. The van der Waals surface area contributed by atoms with Crippen molar-refractivity contribution in [3.05, 3.63) is 66.0 Å². The molecule has 0 radical (unpaired) electrons. The number of hydrogen-bond acceptors (Lipinski definition) is 5. The van der Waals surface area contributed by atoms with Gasteiger partial charge in [-0.25, -0.2) is 4.98 Å². The molecule has 106 valence electrons. The molecule has 0 saturated heterocycles. The van der Waals surface area contributed by atoms with E-state index >= 15 is 0 Å². The fourth-order valence-electron chi connectivity index (χ4n) is 2.06. The summed E-state index contributed by atoms with van der Waals surface area (Å²) in [6, 6.07) is 12.0. The lowest BCUT2D eigenvalue weighted by molar-refractivity contribution is 0.111. The van der Waals surface area contributed by atoms with Gasteiger partial charge in [0.25, 0.3) is 0 Å². The van der Waals surface area contributed by atoms with Gasteiger partial charge in [0.05, 0.1) is 22.8 Å². The molecule has 0 fully saturated rings. The molecule has 0 spiro atoms. The van der Waals surface area contributed by atoms with Crippen LogP contribution < -0.4 is 0 Å². The van der Waals surface area contributed by atoms with Gasteiger partial charge in [-0.05, 0) is 36.4 Å². The van der Waals surface area contributed by atoms with E-state index in [0.29, 0.717) is 33.9 Å². The lowest BCUT2D eigenvalue weighted by Crippen LogP contribution is -1.95. The Hall–Kier alpha value is -3.21. The van der Waals surface area contributed by atoms with E-state index in [1.54, 1.807) is 30.5 Å². The van der Waals surface area contributed by atoms with Gasteiger partial charge >= 0.3 is 0 Å². The predicted octanol–water partition coefficient (Wildman–Crippen LogP) is 2.83. The molecule has 0 aliphatic rings. The standard InChI is InChI=1S/C17H11N3O2/c21-10-12-4-6-19-15(7-12)17-9-13(11-22)8-16(20-17)14-3-1-2-5-18-14/h1-11H. The molecule has 5 heteroatoms. The third kappa shape index (κ3) is 2.78. The topological polar surface area (TPSA) is 72.8 Å². The zero-order valence-electron chi connectivity index (χ0n) is 11.5. The highest BCUT2D eigenvalue weighted by Crippen LogP contribution is 2.22. The van der Waals surface area contributed by atoms with Crippen molar-refractivity contribution in [3.63, 3.8) is 0 Å². The number of nitrogens with zero attached hydrogens (tertiary/aromatic N) is 3. The van der Waals surface area contributed by atoms with Crippen molar-refractivity contribution in [2.75, 3.05) is 0 Å². The molecule has 3 heterocycles. The van der Waals surface area contributed by atoms with Gasteiger partial charge in [-0.15, -0.1) is 0 Å². The van der Waals surface area contributed by atoms with E-state index in [1.807, 2.05) is 18.2 Å². The van der Waals surface area contributed by atoms with E-state index in [4.69, 9.17) is 0 Å². The summed E-state index contributed by atoms with van der Waals surface area (Å²) in [5.41, 5.74) is 3.28. The van der Waals surface area contributed by atoms with Crippen LogP contribution in [-0.4, -0.2) is 27.5 Å². The van der Waals surface area contributed by atoms with Gasteiger partial charge in [0, 0.05) is 23.5 Å². The number of aromatic nitrogens is 3. The average Bonchev–Trinajstić information content (AvgIpc) is 2.62. The minimum absolute atomic E-state index is 0.476. The first-order chi connectivity index (χ1) is 10.8. The highest BCUT2D eigenvalue weighted by molar-refractivity contribution is 5.81. The normalized spacial score (nSPS) is 10.2. The number of pyridine rings is 3. The second kappa shape index (κ2) is 6.05. The molecule has 22 heavy (non-hydrogen) atoms. The first kappa shape index (κ1) is 13.8. The summed E-state index contributed by atoms with van der Waals surface area (Å²) in [5.74, 6) is 0. The van der Waals surface area contributed by atoms with Crippen molar-refractivity contribution in [2.45, 2.75) is 0 Å². The molecule has 3 rings (SSSR count). The number of carbonyl (C=O) groups is 2. The summed E-state index contributed by atoms with van der Waals surface area (Å²) in [6.45, 7) is 0. The minimum Gasteiger partial charge on any atom is -0.298 e. The molecule has 0 aromatic carbocycles. The van der Waals surface area contributed by atoms with Gasteiger partial charge in [-0.2, -0.15) is 0 Å². The molecule has 0 aliphatic heterocycles. The van der Waals surface area contributed by atoms with Crippen LogP contribution >= 0.6 is 0 Å². The Kier molecular flexibility index (Phi) is 3.78. The van der Waals surface area contributed by atoms with Crippen LogP contribution in [0.3, 0.4) is 0 Å². The number of carbonyl (C=O) groups excluding carboxylic acids is 2. The quantitative estimate of drug-likeness (QED) is 0.690. The Morgan fingerprint density at radius 1 is 0.682 bits per heavy atom. The SMILES string of the molecule is O=Cc1ccnc(-c2cc(C=O)cc(-c3ccccn3)n2)c1. The Morgan fingerprint density at radius 2 is 1.36 bits per heavy atom. The van der Waals surface area contributed by atoms with Crippen molar-refractivity contribution in [1.82, 2.24) is 15.0 Å². The molecule has 3 aromatic rings. The predicted molar refractivity (Wildman–Crippen MR) is 81.5 cm³/mol. The van der Waals surface area contributed by atoms with Crippen LogP contribution in [0, 0.1) is 0 Å². The largest absolute Gasteiger partial charge is 0.298 e. The highest BCUT2D eigenvalue weighted by atomic mass is 16.1. The van der Waals surface area contributed by atoms with Crippen LogP contribution in [0.1, 0.15) is 20.7 Å². The lowest BCUT2D eigenvalue weighted by Gasteiger charge is -2.06. The molecule has 5 nitrogen and oxygen atoms in total. The van der Waals surface area contributed by atoms with E-state index in [2.05, 4.69) is 15.0 Å². The van der Waals surface area contributed by atoms with Gasteiger partial charge < -0.3 is 0 Å². The zero-order valence-corrected chi connectivity index (χ0v) is 11.5. The summed E-state index contributed by atoms with van der Waals surface area (Å²) in [6.07, 6.45) is 4.69. The van der Waals surface area contributed by atoms with Gasteiger partial charge in [0.1, 0.15) is 12.6 Å². The summed E-state index contributed by atoms with van der Waals surface area (Å²) in [5, 5.41) is 0. The number of aldehydes is 2. The minimum atomic E-state index is 0.476. The Morgan fingerprint density at radius 3 is 2.05 bits per heavy atom. The molecule has 0 atom stereocenters. The monoisotopic (exact) mass is 289 g/mol. The van der Waals surface area contributed by atoms with Crippen molar-refractivity contribution in [1.29, 1.82) is 0 Å². The fraction of sp³-hybridized carbons (Fsp3) is 0. The Labute approximate surface area is 126 Å². The Balaban J connectivity index is 2.15. The van der Waals surface area contributed by atoms with E-state index < -0.39 is 0 Å². The van der Waals surface area contributed by atoms with Crippen molar-refractivity contribution in [3.8, 4) is 22.8 Å². The van der Waals surface area contributed by atoms with E-state index in [9.17, 15) is 9.59 Å². The summed E-state index contributed by atoms with van der Waals surface area (Å²) in [7, 11) is 0. The van der Waals surface area contributed by atoms with Crippen LogP contribution in [0.15, 0.2) is 54.9 Å². The number of hydrogen-bond donors (Lipinski definition) is 0. The summed E-state index contributed by atoms with van der Waals surface area (Å²) in [4.78, 5) is 35.0. The molecule has 0 saturated carbocycles. The second-order valence-corrected chi connectivity index (χ2v) is 4.60. The maximum atomic E-state index is 11.2. The zero-order chi connectivity index (χ0) is 15.4. The maximum Gasteiger partial charge on any atom is 0.150 e. The third-order valence-corrected chi connectivity index (χ3v) is 3.09.